The molecule has 1 fully saturated rings. The highest BCUT2D eigenvalue weighted by molar-refractivity contribution is 7.99. The third-order valence-corrected chi connectivity index (χ3v) is 5.66. The van der Waals surface area contributed by atoms with Gasteiger partial charge >= 0.3 is 0 Å². The molecule has 140 valence electrons. The molecule has 1 aromatic carbocycles. The van der Waals surface area contributed by atoms with Gasteiger partial charge in [0.1, 0.15) is 0 Å². The van der Waals surface area contributed by atoms with Crippen LogP contribution in [0, 0.1) is 5.92 Å². The highest BCUT2D eigenvalue weighted by Gasteiger charge is 2.29. The van der Waals surface area contributed by atoms with Crippen LogP contribution in [0.15, 0.2) is 58.3 Å². The first-order chi connectivity index (χ1) is 13.2. The topological polar surface area (TPSA) is 73.0 Å². The Labute approximate surface area is 162 Å². The van der Waals surface area contributed by atoms with Crippen LogP contribution in [0.2, 0.25) is 0 Å². The predicted octanol–water partition coefficient (Wildman–Crippen LogP) is 3.59. The molecule has 0 spiro atoms. The maximum absolute atomic E-state index is 12.3. The smallest absolute Gasteiger partial charge is 0.230 e. The van der Waals surface area contributed by atoms with E-state index in [2.05, 4.69) is 34.6 Å². The third-order valence-electron chi connectivity index (χ3n) is 4.69. The second kappa shape index (κ2) is 8.00. The molecule has 0 radical (unpaired) electrons. The van der Waals surface area contributed by atoms with Gasteiger partial charge in [-0.15, -0.1) is 10.2 Å². The van der Waals surface area contributed by atoms with E-state index in [9.17, 15) is 4.79 Å². The van der Waals surface area contributed by atoms with Crippen LogP contribution in [0.1, 0.15) is 25.3 Å². The van der Waals surface area contributed by atoms with Crippen molar-refractivity contribution in [3.05, 3.63) is 54.3 Å². The SMILES string of the molecule is C[C@@H](NC(=O)CSc1nnc(-c2ccco2)n1Cc1ccccc1)C1CC1. The van der Waals surface area contributed by atoms with Crippen LogP contribution in [0.5, 0.6) is 0 Å². The minimum Gasteiger partial charge on any atom is -0.461 e. The average molecular weight is 382 g/mol. The molecular weight excluding hydrogens is 360 g/mol. The highest BCUT2D eigenvalue weighted by atomic mass is 32.2. The number of furan rings is 1. The van der Waals surface area contributed by atoms with Gasteiger partial charge in [0.25, 0.3) is 0 Å². The molecule has 1 N–H and O–H groups in total. The molecule has 1 amide bonds. The number of carbonyl (C=O) groups is 1. The van der Waals surface area contributed by atoms with Gasteiger partial charge in [-0.05, 0) is 43.4 Å². The van der Waals surface area contributed by atoms with Crippen molar-refractivity contribution < 1.29 is 9.21 Å². The van der Waals surface area contributed by atoms with Crippen molar-refractivity contribution in [1.82, 2.24) is 20.1 Å². The number of aromatic nitrogens is 3. The average Bonchev–Trinajstić information content (AvgIpc) is 3.25. The Morgan fingerprint density at radius 1 is 1.26 bits per heavy atom. The zero-order valence-corrected chi connectivity index (χ0v) is 16.0. The molecule has 27 heavy (non-hydrogen) atoms. The first kappa shape index (κ1) is 17.9. The number of rotatable bonds is 8. The van der Waals surface area contributed by atoms with E-state index < -0.39 is 0 Å². The summed E-state index contributed by atoms with van der Waals surface area (Å²) in [5, 5.41) is 12.4. The minimum absolute atomic E-state index is 0.0354. The molecule has 1 aliphatic rings. The van der Waals surface area contributed by atoms with Crippen molar-refractivity contribution in [3.63, 3.8) is 0 Å². The van der Waals surface area contributed by atoms with Crippen LogP contribution in [0.4, 0.5) is 0 Å². The standard InChI is InChI=1S/C20H22N4O2S/c1-14(16-9-10-16)21-18(25)13-27-20-23-22-19(17-8-5-11-26-17)24(20)12-15-6-3-2-4-7-15/h2-8,11,14,16H,9-10,12-13H2,1H3,(H,21,25)/t14-/m1/s1. The van der Waals surface area contributed by atoms with E-state index in [-0.39, 0.29) is 11.9 Å². The van der Waals surface area contributed by atoms with Gasteiger partial charge < -0.3 is 9.73 Å². The Morgan fingerprint density at radius 3 is 2.78 bits per heavy atom. The van der Waals surface area contributed by atoms with Crippen molar-refractivity contribution in [2.75, 3.05) is 5.75 Å². The summed E-state index contributed by atoms with van der Waals surface area (Å²) < 4.78 is 7.51. The van der Waals surface area contributed by atoms with Gasteiger partial charge in [-0.25, -0.2) is 0 Å². The first-order valence-corrected chi connectivity index (χ1v) is 10.1. The first-order valence-electron chi connectivity index (χ1n) is 9.14. The number of hydrogen-bond donors (Lipinski definition) is 1. The van der Waals surface area contributed by atoms with Gasteiger partial charge in [0.2, 0.25) is 11.7 Å². The van der Waals surface area contributed by atoms with E-state index in [1.54, 1.807) is 6.26 Å². The van der Waals surface area contributed by atoms with Crippen LogP contribution in [0.3, 0.4) is 0 Å². The molecule has 4 rings (SSSR count). The molecule has 6 nitrogen and oxygen atoms in total. The predicted molar refractivity (Wildman–Crippen MR) is 104 cm³/mol. The highest BCUT2D eigenvalue weighted by Crippen LogP contribution is 2.32. The lowest BCUT2D eigenvalue weighted by atomic mass is 10.2. The number of hydrogen-bond acceptors (Lipinski definition) is 5. The van der Waals surface area contributed by atoms with Gasteiger partial charge in [0.15, 0.2) is 10.9 Å². The summed E-state index contributed by atoms with van der Waals surface area (Å²) in [6.45, 7) is 2.69. The lowest BCUT2D eigenvalue weighted by molar-refractivity contribution is -0.119. The quantitative estimate of drug-likeness (QED) is 0.603. The summed E-state index contributed by atoms with van der Waals surface area (Å²) in [6.07, 6.45) is 4.05. The second-order valence-electron chi connectivity index (χ2n) is 6.84. The Hall–Kier alpha value is -2.54. The molecule has 0 aliphatic heterocycles. The van der Waals surface area contributed by atoms with E-state index in [1.807, 2.05) is 34.9 Å². The summed E-state index contributed by atoms with van der Waals surface area (Å²) in [7, 11) is 0. The number of amides is 1. The van der Waals surface area contributed by atoms with Gasteiger partial charge in [-0.2, -0.15) is 0 Å². The normalized spacial score (nSPS) is 14.9. The zero-order chi connectivity index (χ0) is 18.6. The summed E-state index contributed by atoms with van der Waals surface area (Å²) in [5.41, 5.74) is 1.14. The molecule has 1 atom stereocenters. The van der Waals surface area contributed by atoms with Gasteiger partial charge in [0, 0.05) is 6.04 Å². The molecule has 2 aromatic heterocycles. The van der Waals surface area contributed by atoms with Gasteiger partial charge in [-0.1, -0.05) is 42.1 Å². The Balaban J connectivity index is 1.50. The maximum atomic E-state index is 12.3. The molecule has 0 saturated heterocycles. The van der Waals surface area contributed by atoms with Crippen molar-refractivity contribution in [1.29, 1.82) is 0 Å². The van der Waals surface area contributed by atoms with E-state index >= 15 is 0 Å². The summed E-state index contributed by atoms with van der Waals surface area (Å²) in [6, 6.07) is 14.1. The molecule has 1 aliphatic carbocycles. The molecule has 0 unspecified atom stereocenters. The molecular formula is C20H22N4O2S. The zero-order valence-electron chi connectivity index (χ0n) is 15.2. The van der Waals surface area contributed by atoms with Crippen molar-refractivity contribution >= 4 is 17.7 Å². The fourth-order valence-corrected chi connectivity index (χ4v) is 3.78. The lowest BCUT2D eigenvalue weighted by Crippen LogP contribution is -2.35. The number of benzene rings is 1. The summed E-state index contributed by atoms with van der Waals surface area (Å²) in [4.78, 5) is 12.3. The Morgan fingerprint density at radius 2 is 2.07 bits per heavy atom. The molecule has 3 aromatic rings. The van der Waals surface area contributed by atoms with Crippen LogP contribution in [0.25, 0.3) is 11.6 Å². The van der Waals surface area contributed by atoms with E-state index in [0.717, 1.165) is 5.56 Å². The summed E-state index contributed by atoms with van der Waals surface area (Å²) in [5.74, 6) is 2.33. The molecule has 2 heterocycles. The van der Waals surface area contributed by atoms with Crippen LogP contribution in [-0.4, -0.2) is 32.5 Å². The largest absolute Gasteiger partial charge is 0.461 e. The Bertz CT molecular complexity index is 888. The minimum atomic E-state index is 0.0354. The van der Waals surface area contributed by atoms with E-state index in [1.165, 1.54) is 24.6 Å². The van der Waals surface area contributed by atoms with Crippen molar-refractivity contribution in [2.24, 2.45) is 5.92 Å². The third kappa shape index (κ3) is 4.42. The summed E-state index contributed by atoms with van der Waals surface area (Å²) >= 11 is 1.40. The number of thioether (sulfide) groups is 1. The van der Waals surface area contributed by atoms with Crippen LogP contribution < -0.4 is 5.32 Å². The Kier molecular flexibility index (Phi) is 5.29. The number of carbonyl (C=O) groups excluding carboxylic acids is 1. The van der Waals surface area contributed by atoms with E-state index in [4.69, 9.17) is 4.42 Å². The molecule has 7 heteroatoms. The van der Waals surface area contributed by atoms with Gasteiger partial charge in [0.05, 0.1) is 18.6 Å². The monoisotopic (exact) mass is 382 g/mol. The number of nitrogens with zero attached hydrogens (tertiary/aromatic N) is 3. The van der Waals surface area contributed by atoms with Crippen molar-refractivity contribution in [3.8, 4) is 11.6 Å². The van der Waals surface area contributed by atoms with E-state index in [0.29, 0.717) is 35.0 Å². The number of nitrogens with one attached hydrogen (secondary N) is 1. The maximum Gasteiger partial charge on any atom is 0.230 e. The molecule has 1 saturated carbocycles. The lowest BCUT2D eigenvalue weighted by Gasteiger charge is -2.13. The second-order valence-corrected chi connectivity index (χ2v) is 7.78. The fraction of sp³-hybridized carbons (Fsp3) is 0.350. The van der Waals surface area contributed by atoms with Crippen LogP contribution in [-0.2, 0) is 11.3 Å². The molecule has 0 bridgehead atoms. The van der Waals surface area contributed by atoms with Gasteiger partial charge in [-0.3, -0.25) is 9.36 Å². The van der Waals surface area contributed by atoms with Crippen molar-refractivity contribution in [2.45, 2.75) is 37.5 Å². The fourth-order valence-electron chi connectivity index (χ4n) is 3.03. The van der Waals surface area contributed by atoms with Crippen LogP contribution >= 0.6 is 11.8 Å².